The second-order valence-corrected chi connectivity index (χ2v) is 6.49. The van der Waals surface area contributed by atoms with Crippen molar-refractivity contribution in [3.63, 3.8) is 0 Å². The minimum atomic E-state index is -0.367. The number of nitrogens with one attached hydrogen (secondary N) is 2. The van der Waals surface area contributed by atoms with Gasteiger partial charge in [0.05, 0.1) is 25.4 Å². The predicted octanol–water partition coefficient (Wildman–Crippen LogP) is 1.53. The van der Waals surface area contributed by atoms with E-state index in [0.717, 1.165) is 32.8 Å². The maximum absolute atomic E-state index is 12.4. The third-order valence-corrected chi connectivity index (χ3v) is 4.52. The van der Waals surface area contributed by atoms with Gasteiger partial charge in [-0.05, 0) is 43.3 Å². The van der Waals surface area contributed by atoms with E-state index in [4.69, 9.17) is 9.47 Å². The molecular weight excluding hydrogens is 344 g/mol. The summed E-state index contributed by atoms with van der Waals surface area (Å²) in [6, 6.07) is 14.4. The van der Waals surface area contributed by atoms with Crippen molar-refractivity contribution in [2.75, 3.05) is 38.2 Å². The van der Waals surface area contributed by atoms with Crippen LogP contribution in [0.1, 0.15) is 33.2 Å². The summed E-state index contributed by atoms with van der Waals surface area (Å²) in [5.74, 6) is -0.544. The van der Waals surface area contributed by atoms with Gasteiger partial charge in [-0.25, -0.2) is 4.79 Å². The van der Waals surface area contributed by atoms with E-state index in [1.807, 2.05) is 24.3 Å². The number of rotatable bonds is 6. The molecule has 0 bridgehead atoms. The van der Waals surface area contributed by atoms with E-state index >= 15 is 0 Å². The van der Waals surface area contributed by atoms with Gasteiger partial charge >= 0.3 is 5.97 Å². The van der Waals surface area contributed by atoms with Crippen molar-refractivity contribution in [1.29, 1.82) is 0 Å². The molecule has 3 rings (SSSR count). The Morgan fingerprint density at radius 1 is 1.00 bits per heavy atom. The molecule has 27 heavy (non-hydrogen) atoms. The van der Waals surface area contributed by atoms with Gasteiger partial charge in [0.2, 0.25) is 0 Å². The third kappa shape index (κ3) is 5.39. The Balaban J connectivity index is 1.56. The number of hydrogen-bond donors (Lipinski definition) is 2. The van der Waals surface area contributed by atoms with Crippen LogP contribution in [0.3, 0.4) is 0 Å². The summed E-state index contributed by atoms with van der Waals surface area (Å²) in [4.78, 5) is 25.6. The highest BCUT2D eigenvalue weighted by molar-refractivity contribution is 6.04. The minimum Gasteiger partial charge on any atom is -0.462 e. The molecule has 1 saturated heterocycles. The Bertz CT molecular complexity index is 766. The lowest BCUT2D eigenvalue weighted by Crippen LogP contribution is -3.12. The lowest BCUT2D eigenvalue weighted by atomic mass is 10.1. The molecule has 6 nitrogen and oxygen atoms in total. The van der Waals surface area contributed by atoms with Gasteiger partial charge in [0.15, 0.2) is 0 Å². The van der Waals surface area contributed by atoms with Crippen molar-refractivity contribution >= 4 is 17.6 Å². The van der Waals surface area contributed by atoms with Gasteiger partial charge in [0, 0.05) is 16.8 Å². The molecule has 1 aliphatic heterocycles. The van der Waals surface area contributed by atoms with Crippen LogP contribution in [0.5, 0.6) is 0 Å². The van der Waals surface area contributed by atoms with Gasteiger partial charge in [-0.1, -0.05) is 12.1 Å². The standard InChI is InChI=1S/C21H24N2O4/c1-2-27-21(25)18-7-9-19(10-8-18)22-20(24)17-5-3-16(4-6-17)15-23-11-13-26-14-12-23/h3-10H,2,11-15H2,1H3,(H,22,24)/p+1. The number of amides is 1. The highest BCUT2D eigenvalue weighted by atomic mass is 16.5. The summed E-state index contributed by atoms with van der Waals surface area (Å²) in [6.07, 6.45) is 0. The Kier molecular flexibility index (Phi) is 6.57. The van der Waals surface area contributed by atoms with Gasteiger partial charge in [0.25, 0.3) is 5.91 Å². The number of carbonyl (C=O) groups is 2. The number of carbonyl (C=O) groups excluding carboxylic acids is 2. The molecule has 0 aromatic heterocycles. The van der Waals surface area contributed by atoms with Gasteiger partial charge in [-0.15, -0.1) is 0 Å². The molecule has 0 spiro atoms. The Hall–Kier alpha value is -2.70. The molecule has 6 heteroatoms. The highest BCUT2D eigenvalue weighted by Gasteiger charge is 2.14. The number of benzene rings is 2. The van der Waals surface area contributed by atoms with Crippen LogP contribution in [0.15, 0.2) is 48.5 Å². The van der Waals surface area contributed by atoms with E-state index in [1.165, 1.54) is 10.5 Å². The molecule has 1 heterocycles. The predicted molar refractivity (Wildman–Crippen MR) is 102 cm³/mol. The molecule has 0 aliphatic carbocycles. The number of esters is 1. The monoisotopic (exact) mass is 369 g/mol. The molecule has 2 aromatic rings. The molecule has 0 unspecified atom stereocenters. The average molecular weight is 369 g/mol. The fraction of sp³-hybridized carbons (Fsp3) is 0.333. The van der Waals surface area contributed by atoms with Gasteiger partial charge in [-0.2, -0.15) is 0 Å². The lowest BCUT2D eigenvalue weighted by Gasteiger charge is -2.23. The maximum Gasteiger partial charge on any atom is 0.338 e. The smallest absolute Gasteiger partial charge is 0.338 e. The molecule has 142 valence electrons. The average Bonchev–Trinajstić information content (AvgIpc) is 2.70. The maximum atomic E-state index is 12.4. The first kappa shape index (κ1) is 19.1. The topological polar surface area (TPSA) is 69.1 Å². The normalized spacial score (nSPS) is 14.6. The van der Waals surface area contributed by atoms with E-state index in [-0.39, 0.29) is 11.9 Å². The van der Waals surface area contributed by atoms with E-state index < -0.39 is 0 Å². The summed E-state index contributed by atoms with van der Waals surface area (Å²) >= 11 is 0. The van der Waals surface area contributed by atoms with Crippen LogP contribution in [0.2, 0.25) is 0 Å². The highest BCUT2D eigenvalue weighted by Crippen LogP contribution is 2.13. The van der Waals surface area contributed by atoms with Crippen LogP contribution < -0.4 is 10.2 Å². The van der Waals surface area contributed by atoms with Crippen molar-refractivity contribution in [3.05, 3.63) is 65.2 Å². The van der Waals surface area contributed by atoms with Crippen molar-refractivity contribution in [1.82, 2.24) is 0 Å². The van der Waals surface area contributed by atoms with E-state index in [9.17, 15) is 9.59 Å². The summed E-state index contributed by atoms with van der Waals surface area (Å²) < 4.78 is 10.3. The Labute approximate surface area is 159 Å². The van der Waals surface area contributed by atoms with Crippen LogP contribution in [-0.2, 0) is 16.0 Å². The number of morpholine rings is 1. The van der Waals surface area contributed by atoms with Crippen molar-refractivity contribution < 1.29 is 24.0 Å². The molecule has 2 N–H and O–H groups in total. The second kappa shape index (κ2) is 9.30. The van der Waals surface area contributed by atoms with Gasteiger partial charge in [0.1, 0.15) is 19.6 Å². The lowest BCUT2D eigenvalue weighted by molar-refractivity contribution is -0.921. The number of quaternary nitrogens is 1. The van der Waals surface area contributed by atoms with Crippen molar-refractivity contribution in [3.8, 4) is 0 Å². The van der Waals surface area contributed by atoms with Gasteiger partial charge < -0.3 is 19.7 Å². The number of anilines is 1. The van der Waals surface area contributed by atoms with Crippen LogP contribution in [0.25, 0.3) is 0 Å². The fourth-order valence-electron chi connectivity index (χ4n) is 3.01. The summed E-state index contributed by atoms with van der Waals surface area (Å²) in [7, 11) is 0. The summed E-state index contributed by atoms with van der Waals surface area (Å²) in [5, 5.41) is 2.84. The number of ether oxygens (including phenoxy) is 2. The van der Waals surface area contributed by atoms with Crippen molar-refractivity contribution in [2.24, 2.45) is 0 Å². The molecule has 2 aromatic carbocycles. The quantitative estimate of drug-likeness (QED) is 0.758. The van der Waals surface area contributed by atoms with E-state index in [2.05, 4.69) is 5.32 Å². The molecule has 0 radical (unpaired) electrons. The zero-order valence-electron chi connectivity index (χ0n) is 15.5. The first-order chi connectivity index (χ1) is 13.2. The largest absolute Gasteiger partial charge is 0.462 e. The van der Waals surface area contributed by atoms with Crippen molar-refractivity contribution in [2.45, 2.75) is 13.5 Å². The molecule has 1 amide bonds. The second-order valence-electron chi connectivity index (χ2n) is 6.49. The first-order valence-corrected chi connectivity index (χ1v) is 9.24. The molecule has 1 aliphatic rings. The van der Waals surface area contributed by atoms with Gasteiger partial charge in [-0.3, -0.25) is 4.79 Å². The summed E-state index contributed by atoms with van der Waals surface area (Å²) in [5.41, 5.74) is 2.91. The zero-order chi connectivity index (χ0) is 19.1. The molecule has 1 fully saturated rings. The number of hydrogen-bond acceptors (Lipinski definition) is 4. The Morgan fingerprint density at radius 2 is 1.63 bits per heavy atom. The Morgan fingerprint density at radius 3 is 2.26 bits per heavy atom. The van der Waals surface area contributed by atoms with Crippen LogP contribution >= 0.6 is 0 Å². The van der Waals surface area contributed by atoms with E-state index in [0.29, 0.717) is 23.4 Å². The first-order valence-electron chi connectivity index (χ1n) is 9.24. The summed E-state index contributed by atoms with van der Waals surface area (Å²) in [6.45, 7) is 6.70. The minimum absolute atomic E-state index is 0.177. The molecular formula is C21H25N2O4+. The van der Waals surface area contributed by atoms with Crippen LogP contribution in [0.4, 0.5) is 5.69 Å². The SMILES string of the molecule is CCOC(=O)c1ccc(NC(=O)c2ccc(C[NH+]3CCOCC3)cc2)cc1. The van der Waals surface area contributed by atoms with E-state index in [1.54, 1.807) is 31.2 Å². The van der Waals surface area contributed by atoms with Crippen LogP contribution in [-0.4, -0.2) is 44.8 Å². The zero-order valence-corrected chi connectivity index (χ0v) is 15.5. The molecule has 0 saturated carbocycles. The van der Waals surface area contributed by atoms with Crippen LogP contribution in [0, 0.1) is 0 Å². The third-order valence-electron chi connectivity index (χ3n) is 4.52. The fourth-order valence-corrected chi connectivity index (χ4v) is 3.01. The molecule has 0 atom stereocenters.